The van der Waals surface area contributed by atoms with Crippen LogP contribution in [-0.2, 0) is 28.6 Å². The van der Waals surface area contributed by atoms with Crippen molar-refractivity contribution in [1.29, 1.82) is 0 Å². The Morgan fingerprint density at radius 1 is 0.564 bits per heavy atom. The molecule has 3 saturated heterocycles. The third-order valence-electron chi connectivity index (χ3n) is 14.5. The molecule has 318 valence electrons. The number of nitrogens with zero attached hydrogens (tertiary/aromatic N) is 1. The van der Waals surface area contributed by atoms with Crippen molar-refractivity contribution in [3.05, 3.63) is 0 Å². The molecule has 3 heterocycles. The molecule has 0 aromatic rings. The Bertz CT molecular complexity index is 1130. The van der Waals surface area contributed by atoms with Crippen LogP contribution in [0, 0.1) is 39.4 Å². The smallest absolute Gasteiger partial charge is 0.312 e. The van der Waals surface area contributed by atoms with Gasteiger partial charge in [-0.25, -0.2) is 0 Å². The van der Waals surface area contributed by atoms with Gasteiger partial charge in [-0.1, -0.05) is 119 Å². The predicted octanol–water partition coefficient (Wildman–Crippen LogP) is 12.0. The van der Waals surface area contributed by atoms with Crippen LogP contribution < -0.4 is 0 Å². The number of rotatable bonds is 27. The molecular weight excluding hydrogens is 687 g/mol. The SMILES string of the molecule is CCCCCC(CCCCC)CC(=O)OCC1(C)CC2CC(C)(COC(=O)C34CCN(CC3)CC4)CC(COC(=O)CC(CCCCC)CCCCC)(C2)C1. The number of carbonyl (C=O) groups excluding carboxylic acids is 3. The Morgan fingerprint density at radius 3 is 1.38 bits per heavy atom. The first-order valence-electron chi connectivity index (χ1n) is 23.6. The molecule has 0 aromatic carbocycles. The van der Waals surface area contributed by atoms with Crippen molar-refractivity contribution in [1.82, 2.24) is 4.90 Å². The monoisotopic (exact) mass is 772 g/mol. The molecule has 7 heteroatoms. The highest BCUT2D eigenvalue weighted by Crippen LogP contribution is 2.61. The summed E-state index contributed by atoms with van der Waals surface area (Å²) >= 11 is 0. The van der Waals surface area contributed by atoms with Crippen LogP contribution in [0.1, 0.15) is 208 Å². The lowest BCUT2D eigenvalue weighted by Crippen LogP contribution is -2.54. The molecule has 2 saturated carbocycles. The highest BCUT2D eigenvalue weighted by Gasteiger charge is 2.55. The topological polar surface area (TPSA) is 82.1 Å². The first-order valence-corrected chi connectivity index (χ1v) is 23.6. The first kappa shape index (κ1) is 46.1. The van der Waals surface area contributed by atoms with E-state index >= 15 is 0 Å². The summed E-state index contributed by atoms with van der Waals surface area (Å²) in [4.78, 5) is 43.3. The van der Waals surface area contributed by atoms with Gasteiger partial charge >= 0.3 is 17.9 Å². The normalized spacial score (nSPS) is 30.1. The van der Waals surface area contributed by atoms with E-state index in [0.29, 0.717) is 50.4 Å². The third kappa shape index (κ3) is 14.6. The molecule has 5 fully saturated rings. The second kappa shape index (κ2) is 22.5. The molecule has 0 N–H and O–H groups in total. The van der Waals surface area contributed by atoms with E-state index in [9.17, 15) is 14.4 Å². The maximum atomic E-state index is 13.7. The van der Waals surface area contributed by atoms with Gasteiger partial charge in [-0.05, 0) is 114 Å². The van der Waals surface area contributed by atoms with Gasteiger partial charge in [0.05, 0.1) is 25.2 Å². The summed E-state index contributed by atoms with van der Waals surface area (Å²) in [5.74, 6) is 1.12. The molecular formula is C48H85NO6. The van der Waals surface area contributed by atoms with Crippen molar-refractivity contribution < 1.29 is 28.6 Å². The minimum Gasteiger partial charge on any atom is -0.465 e. The van der Waals surface area contributed by atoms with Crippen molar-refractivity contribution in [2.24, 2.45) is 39.4 Å². The number of ether oxygens (including phenoxy) is 3. The van der Waals surface area contributed by atoms with Crippen LogP contribution >= 0.6 is 0 Å². The zero-order valence-electron chi connectivity index (χ0n) is 36.8. The predicted molar refractivity (Wildman–Crippen MR) is 224 cm³/mol. The van der Waals surface area contributed by atoms with Gasteiger partial charge in [0.25, 0.3) is 0 Å². The average Bonchev–Trinajstić information content (AvgIpc) is 3.16. The van der Waals surface area contributed by atoms with Crippen molar-refractivity contribution in [3.63, 3.8) is 0 Å². The molecule has 5 aliphatic rings. The molecule has 4 unspecified atom stereocenters. The second-order valence-corrected chi connectivity index (χ2v) is 20.3. The van der Waals surface area contributed by atoms with E-state index in [2.05, 4.69) is 46.4 Å². The molecule has 4 bridgehead atoms. The van der Waals surface area contributed by atoms with Crippen LogP contribution in [-0.4, -0.2) is 62.3 Å². The summed E-state index contributed by atoms with van der Waals surface area (Å²) in [6, 6.07) is 0. The van der Waals surface area contributed by atoms with Gasteiger partial charge in [0.1, 0.15) is 0 Å². The molecule has 55 heavy (non-hydrogen) atoms. The fourth-order valence-corrected chi connectivity index (χ4v) is 11.8. The zero-order chi connectivity index (χ0) is 39.8. The van der Waals surface area contributed by atoms with Gasteiger partial charge in [-0.3, -0.25) is 14.4 Å². The fraction of sp³-hybridized carbons (Fsp3) is 0.938. The number of carbonyl (C=O) groups is 3. The number of hydrogen-bond donors (Lipinski definition) is 0. The van der Waals surface area contributed by atoms with Crippen LogP contribution in [0.25, 0.3) is 0 Å². The Morgan fingerprint density at radius 2 is 0.964 bits per heavy atom. The molecule has 7 nitrogen and oxygen atoms in total. The number of unbranched alkanes of at least 4 members (excludes halogenated alkanes) is 8. The van der Waals surface area contributed by atoms with E-state index in [1.165, 1.54) is 77.0 Å². The average molecular weight is 772 g/mol. The summed E-state index contributed by atoms with van der Waals surface area (Å²) in [5.41, 5.74) is -0.889. The van der Waals surface area contributed by atoms with Crippen molar-refractivity contribution >= 4 is 17.9 Å². The van der Waals surface area contributed by atoms with Gasteiger partial charge in [-0.15, -0.1) is 0 Å². The number of hydrogen-bond acceptors (Lipinski definition) is 7. The second-order valence-electron chi connectivity index (χ2n) is 20.3. The van der Waals surface area contributed by atoms with Crippen LogP contribution in [0.4, 0.5) is 0 Å². The number of fused-ring (bicyclic) bond motifs is 5. The van der Waals surface area contributed by atoms with E-state index in [1.807, 2.05) is 0 Å². The lowest BCUT2D eigenvalue weighted by molar-refractivity contribution is -0.177. The molecule has 0 spiro atoms. The largest absolute Gasteiger partial charge is 0.465 e. The number of esters is 3. The highest BCUT2D eigenvalue weighted by atomic mass is 16.5. The summed E-state index contributed by atoms with van der Waals surface area (Å²) in [7, 11) is 0. The minimum atomic E-state index is -0.304. The molecule has 0 radical (unpaired) electrons. The van der Waals surface area contributed by atoms with Crippen molar-refractivity contribution in [2.45, 2.75) is 208 Å². The Balaban J connectivity index is 1.43. The Hall–Kier alpha value is -1.63. The van der Waals surface area contributed by atoms with E-state index in [-0.39, 0.29) is 39.6 Å². The Labute approximate surface area is 337 Å². The number of piperidine rings is 3. The van der Waals surface area contributed by atoms with Gasteiger partial charge in [0.15, 0.2) is 0 Å². The quantitative estimate of drug-likeness (QED) is 0.0467. The van der Waals surface area contributed by atoms with E-state index < -0.39 is 0 Å². The standard InChI is InChI=1S/C48H85NO6/c1-7-11-15-19-39(20-16-12-8-2)29-42(50)53-36-45(5)31-41-32-46(6,37-55-44(52)48-23-26-49(27-24-48)28-25-48)35-47(33-41,34-45)38-54-43(51)30-40(21-17-13-9-3)22-18-14-10-4/h39-41H,7-38H2,1-6H3. The van der Waals surface area contributed by atoms with Crippen molar-refractivity contribution in [2.75, 3.05) is 39.5 Å². The van der Waals surface area contributed by atoms with Gasteiger partial charge in [-0.2, -0.15) is 0 Å². The van der Waals surface area contributed by atoms with Gasteiger partial charge in [0.2, 0.25) is 0 Å². The maximum Gasteiger partial charge on any atom is 0.312 e. The fourth-order valence-electron chi connectivity index (χ4n) is 11.8. The van der Waals surface area contributed by atoms with E-state index in [0.717, 1.165) is 96.7 Å². The molecule has 3 aliphatic heterocycles. The summed E-state index contributed by atoms with van der Waals surface area (Å²) < 4.78 is 18.9. The molecule has 0 amide bonds. The zero-order valence-corrected chi connectivity index (χ0v) is 36.8. The van der Waals surface area contributed by atoms with E-state index in [4.69, 9.17) is 14.2 Å². The van der Waals surface area contributed by atoms with Crippen LogP contribution in [0.15, 0.2) is 0 Å². The third-order valence-corrected chi connectivity index (χ3v) is 14.5. The summed E-state index contributed by atoms with van der Waals surface area (Å²) in [6.45, 7) is 17.8. The minimum absolute atomic E-state index is 0.0147. The Kier molecular flexibility index (Phi) is 18.8. The highest BCUT2D eigenvalue weighted by molar-refractivity contribution is 5.77. The van der Waals surface area contributed by atoms with Gasteiger partial charge in [0, 0.05) is 29.1 Å². The molecule has 5 rings (SSSR count). The van der Waals surface area contributed by atoms with Crippen LogP contribution in [0.5, 0.6) is 0 Å². The van der Waals surface area contributed by atoms with Crippen molar-refractivity contribution in [3.8, 4) is 0 Å². The summed E-state index contributed by atoms with van der Waals surface area (Å²) in [5, 5.41) is 0. The lowest BCUT2D eigenvalue weighted by Gasteiger charge is -2.57. The van der Waals surface area contributed by atoms with Crippen LogP contribution in [0.2, 0.25) is 0 Å². The maximum absolute atomic E-state index is 13.7. The lowest BCUT2D eigenvalue weighted by atomic mass is 9.49. The van der Waals surface area contributed by atoms with Gasteiger partial charge < -0.3 is 19.1 Å². The van der Waals surface area contributed by atoms with Crippen LogP contribution in [0.3, 0.4) is 0 Å². The first-order chi connectivity index (χ1) is 26.4. The molecule has 4 atom stereocenters. The molecule has 0 aromatic heterocycles. The van der Waals surface area contributed by atoms with E-state index in [1.54, 1.807) is 0 Å². The molecule has 2 aliphatic carbocycles. The summed E-state index contributed by atoms with van der Waals surface area (Å²) in [6.07, 6.45) is 27.3.